The average Bonchev–Trinajstić information content (AvgIpc) is 2.47. The molecule has 0 spiro atoms. The first kappa shape index (κ1) is 15.7. The van der Waals surface area contributed by atoms with Gasteiger partial charge in [-0.3, -0.25) is 4.79 Å². The van der Waals surface area contributed by atoms with E-state index in [0.29, 0.717) is 5.02 Å². The smallest absolute Gasteiger partial charge is 0.426 e. The van der Waals surface area contributed by atoms with Crippen LogP contribution >= 0.6 is 11.6 Å². The number of Topliss-reactive ketones (excluding diaryl/α,β-unsaturated/α-hetero) is 1. The Morgan fingerprint density at radius 2 is 1.74 bits per heavy atom. The summed E-state index contributed by atoms with van der Waals surface area (Å²) < 4.78 is 45.1. The van der Waals surface area contributed by atoms with Crippen LogP contribution in [0.4, 0.5) is 13.2 Å². The number of rotatable bonds is 1. The molecule has 120 valence electrons. The highest BCUT2D eigenvalue weighted by atomic mass is 35.5. The van der Waals surface area contributed by atoms with Gasteiger partial charge in [0.25, 0.3) is 0 Å². The molecular weight excluding hydrogens is 333 g/mol. The van der Waals surface area contributed by atoms with Crippen LogP contribution in [0.5, 0.6) is 11.5 Å². The fraction of sp³-hybridized carbons (Fsp3) is 0.188. The van der Waals surface area contributed by atoms with Gasteiger partial charge in [0.1, 0.15) is 11.5 Å². The predicted molar refractivity (Wildman–Crippen MR) is 77.1 cm³/mol. The standard InChI is InChI=1S/C16H10ClF3O3/c17-9-3-1-8(2-4-9)13-14(22)11-6-5-10(21)7-12(11)23-15(13)16(18,19)20/h1-7,13,15,21H. The van der Waals surface area contributed by atoms with Gasteiger partial charge in [-0.25, -0.2) is 0 Å². The maximum absolute atomic E-state index is 13.4. The van der Waals surface area contributed by atoms with E-state index in [4.69, 9.17) is 16.3 Å². The number of hydrogen-bond donors (Lipinski definition) is 1. The van der Waals surface area contributed by atoms with Gasteiger partial charge in [0.2, 0.25) is 6.10 Å². The highest BCUT2D eigenvalue weighted by Crippen LogP contribution is 2.43. The number of benzene rings is 2. The van der Waals surface area contributed by atoms with Gasteiger partial charge < -0.3 is 9.84 Å². The van der Waals surface area contributed by atoms with E-state index in [0.717, 1.165) is 6.07 Å². The number of carbonyl (C=O) groups is 1. The van der Waals surface area contributed by atoms with Crippen LogP contribution in [0.15, 0.2) is 42.5 Å². The Labute approximate surface area is 134 Å². The lowest BCUT2D eigenvalue weighted by Gasteiger charge is -2.33. The van der Waals surface area contributed by atoms with Gasteiger partial charge in [0.05, 0.1) is 11.5 Å². The van der Waals surface area contributed by atoms with Gasteiger partial charge in [-0.2, -0.15) is 13.2 Å². The molecule has 2 unspecified atom stereocenters. The van der Waals surface area contributed by atoms with E-state index in [-0.39, 0.29) is 22.6 Å². The Morgan fingerprint density at radius 3 is 2.35 bits per heavy atom. The molecule has 0 aliphatic carbocycles. The van der Waals surface area contributed by atoms with Crippen LogP contribution in [-0.2, 0) is 0 Å². The zero-order valence-electron chi connectivity index (χ0n) is 11.5. The summed E-state index contributed by atoms with van der Waals surface area (Å²) in [5, 5.41) is 9.74. The van der Waals surface area contributed by atoms with Crippen molar-refractivity contribution in [3.63, 3.8) is 0 Å². The number of aromatic hydroxyl groups is 1. The van der Waals surface area contributed by atoms with Crippen molar-refractivity contribution in [2.75, 3.05) is 0 Å². The third-order valence-electron chi connectivity index (χ3n) is 3.62. The van der Waals surface area contributed by atoms with Gasteiger partial charge in [-0.05, 0) is 29.8 Å². The summed E-state index contributed by atoms with van der Waals surface area (Å²) in [6.07, 6.45) is -7.08. The molecule has 0 fully saturated rings. The van der Waals surface area contributed by atoms with E-state index in [1.165, 1.54) is 36.4 Å². The summed E-state index contributed by atoms with van der Waals surface area (Å²) in [4.78, 5) is 12.6. The van der Waals surface area contributed by atoms with E-state index < -0.39 is 24.0 Å². The molecule has 0 aromatic heterocycles. The van der Waals surface area contributed by atoms with Crippen molar-refractivity contribution in [3.05, 3.63) is 58.6 Å². The third-order valence-corrected chi connectivity index (χ3v) is 3.87. The quantitative estimate of drug-likeness (QED) is 0.838. The minimum Gasteiger partial charge on any atom is -0.508 e. The number of ketones is 1. The predicted octanol–water partition coefficient (Wildman–Crippen LogP) is 4.34. The van der Waals surface area contributed by atoms with Crippen molar-refractivity contribution in [1.29, 1.82) is 0 Å². The number of phenols is 1. The lowest BCUT2D eigenvalue weighted by Crippen LogP contribution is -2.46. The van der Waals surface area contributed by atoms with Gasteiger partial charge in [-0.15, -0.1) is 0 Å². The summed E-state index contributed by atoms with van der Waals surface area (Å²) in [6.45, 7) is 0. The van der Waals surface area contributed by atoms with Crippen LogP contribution in [0.2, 0.25) is 5.02 Å². The lowest BCUT2D eigenvalue weighted by atomic mass is 9.83. The molecule has 0 radical (unpaired) electrons. The Morgan fingerprint density at radius 1 is 1.09 bits per heavy atom. The van der Waals surface area contributed by atoms with Crippen LogP contribution in [0.3, 0.4) is 0 Å². The molecule has 0 amide bonds. The zero-order valence-corrected chi connectivity index (χ0v) is 12.2. The van der Waals surface area contributed by atoms with Crippen molar-refractivity contribution in [1.82, 2.24) is 0 Å². The Hall–Kier alpha value is -2.21. The highest BCUT2D eigenvalue weighted by Gasteiger charge is 2.53. The summed E-state index contributed by atoms with van der Waals surface area (Å²) in [6, 6.07) is 9.07. The Balaban J connectivity index is 2.13. The van der Waals surface area contributed by atoms with E-state index in [9.17, 15) is 23.1 Å². The molecule has 2 atom stereocenters. The van der Waals surface area contributed by atoms with Crippen LogP contribution in [-0.4, -0.2) is 23.2 Å². The third kappa shape index (κ3) is 2.86. The van der Waals surface area contributed by atoms with E-state index in [1.54, 1.807) is 0 Å². The number of phenolic OH excluding ortho intramolecular Hbond substituents is 1. The molecule has 2 aromatic carbocycles. The topological polar surface area (TPSA) is 46.5 Å². The molecule has 7 heteroatoms. The number of alkyl halides is 3. The monoisotopic (exact) mass is 342 g/mol. The molecular formula is C16H10ClF3O3. The van der Waals surface area contributed by atoms with Crippen molar-refractivity contribution >= 4 is 17.4 Å². The second-order valence-electron chi connectivity index (χ2n) is 5.15. The van der Waals surface area contributed by atoms with Crippen molar-refractivity contribution in [2.24, 2.45) is 0 Å². The number of hydrogen-bond acceptors (Lipinski definition) is 3. The van der Waals surface area contributed by atoms with Crippen molar-refractivity contribution in [3.8, 4) is 11.5 Å². The van der Waals surface area contributed by atoms with Crippen molar-refractivity contribution < 1.29 is 27.8 Å². The maximum atomic E-state index is 13.4. The molecule has 0 saturated carbocycles. The van der Waals surface area contributed by atoms with Gasteiger partial charge in [0, 0.05) is 11.1 Å². The number of halogens is 4. The second kappa shape index (κ2) is 5.45. The first-order valence-corrected chi connectivity index (χ1v) is 7.01. The molecule has 0 saturated heterocycles. The molecule has 23 heavy (non-hydrogen) atoms. The molecule has 0 bridgehead atoms. The van der Waals surface area contributed by atoms with Gasteiger partial charge in [-0.1, -0.05) is 23.7 Å². The number of fused-ring (bicyclic) bond motifs is 1. The maximum Gasteiger partial charge on any atom is 0.426 e. The average molecular weight is 343 g/mol. The van der Waals surface area contributed by atoms with Crippen LogP contribution in [0.1, 0.15) is 21.8 Å². The number of carbonyl (C=O) groups excluding carboxylic acids is 1. The van der Waals surface area contributed by atoms with Crippen LogP contribution in [0, 0.1) is 0 Å². The van der Waals surface area contributed by atoms with Crippen LogP contribution < -0.4 is 4.74 Å². The first-order chi connectivity index (χ1) is 10.8. The van der Waals surface area contributed by atoms with E-state index in [1.807, 2.05) is 0 Å². The SMILES string of the molecule is O=C1c2ccc(O)cc2OC(C(F)(F)F)C1c1ccc(Cl)cc1. The minimum absolute atomic E-state index is 0.00301. The van der Waals surface area contributed by atoms with Crippen LogP contribution in [0.25, 0.3) is 0 Å². The second-order valence-corrected chi connectivity index (χ2v) is 5.59. The zero-order chi connectivity index (χ0) is 16.8. The largest absolute Gasteiger partial charge is 0.508 e. The minimum atomic E-state index is -4.75. The Kier molecular flexibility index (Phi) is 3.72. The summed E-state index contributed by atoms with van der Waals surface area (Å²) >= 11 is 5.75. The summed E-state index contributed by atoms with van der Waals surface area (Å²) in [7, 11) is 0. The molecule has 1 heterocycles. The van der Waals surface area contributed by atoms with Gasteiger partial charge in [0.15, 0.2) is 5.78 Å². The summed E-state index contributed by atoms with van der Waals surface area (Å²) in [5.41, 5.74) is 0.170. The van der Waals surface area contributed by atoms with Crippen molar-refractivity contribution in [2.45, 2.75) is 18.2 Å². The van der Waals surface area contributed by atoms with Gasteiger partial charge >= 0.3 is 6.18 Å². The molecule has 1 aliphatic rings. The molecule has 3 nitrogen and oxygen atoms in total. The molecule has 3 rings (SSSR count). The molecule has 1 aliphatic heterocycles. The normalized spacial score (nSPS) is 20.8. The highest BCUT2D eigenvalue weighted by molar-refractivity contribution is 6.30. The Bertz CT molecular complexity index is 756. The fourth-order valence-electron chi connectivity index (χ4n) is 2.57. The molecule has 1 N–H and O–H groups in total. The molecule has 2 aromatic rings. The van der Waals surface area contributed by atoms with E-state index in [2.05, 4.69) is 0 Å². The first-order valence-electron chi connectivity index (χ1n) is 6.63. The number of ether oxygens (including phenoxy) is 1. The fourth-order valence-corrected chi connectivity index (χ4v) is 2.70. The lowest BCUT2D eigenvalue weighted by molar-refractivity contribution is -0.199. The van der Waals surface area contributed by atoms with E-state index >= 15 is 0 Å². The summed E-state index contributed by atoms with van der Waals surface area (Å²) in [5.74, 6) is -2.79.